The number of carbonyl (C=O) groups is 1. The zero-order valence-corrected chi connectivity index (χ0v) is 12.1. The standard InChI is InChI=1S/C15H27NO2/c1-10-7-12(9-15(3,4)8-10)16-6-5-13(11(16)2)14(17)18/h10-13H,5-9H2,1-4H3,(H,17,18). The molecule has 1 aliphatic heterocycles. The third-order valence-electron chi connectivity index (χ3n) is 4.95. The van der Waals surface area contributed by atoms with Crippen LogP contribution in [-0.4, -0.2) is 34.6 Å². The van der Waals surface area contributed by atoms with Crippen LogP contribution in [0.15, 0.2) is 0 Å². The predicted octanol–water partition coefficient (Wildman–Crippen LogP) is 3.00. The SMILES string of the molecule is CC1CC(N2CCC(C(=O)O)C2C)CC(C)(C)C1. The summed E-state index contributed by atoms with van der Waals surface area (Å²) in [4.78, 5) is 13.7. The normalized spacial score (nSPS) is 40.9. The van der Waals surface area contributed by atoms with Gasteiger partial charge in [-0.05, 0) is 50.5 Å². The molecule has 1 saturated carbocycles. The van der Waals surface area contributed by atoms with Crippen molar-refractivity contribution >= 4 is 5.97 Å². The molecule has 0 amide bonds. The van der Waals surface area contributed by atoms with Crippen molar-refractivity contribution in [3.63, 3.8) is 0 Å². The van der Waals surface area contributed by atoms with Crippen molar-refractivity contribution in [2.45, 2.75) is 65.5 Å². The molecule has 0 radical (unpaired) electrons. The second-order valence-electron chi connectivity index (χ2n) is 7.28. The molecule has 3 heteroatoms. The first-order valence-corrected chi connectivity index (χ1v) is 7.29. The lowest BCUT2D eigenvalue weighted by Gasteiger charge is -2.44. The van der Waals surface area contributed by atoms with Gasteiger partial charge in [0.2, 0.25) is 0 Å². The van der Waals surface area contributed by atoms with E-state index in [2.05, 4.69) is 32.6 Å². The zero-order valence-electron chi connectivity index (χ0n) is 12.1. The number of likely N-dealkylation sites (tertiary alicyclic amines) is 1. The van der Waals surface area contributed by atoms with E-state index in [1.54, 1.807) is 0 Å². The minimum atomic E-state index is -0.617. The lowest BCUT2D eigenvalue weighted by molar-refractivity contribution is -0.142. The van der Waals surface area contributed by atoms with Gasteiger partial charge in [0.1, 0.15) is 0 Å². The van der Waals surface area contributed by atoms with Crippen molar-refractivity contribution in [1.29, 1.82) is 0 Å². The van der Waals surface area contributed by atoms with Crippen LogP contribution in [0.25, 0.3) is 0 Å². The Kier molecular flexibility index (Phi) is 3.72. The number of hydrogen-bond acceptors (Lipinski definition) is 2. The van der Waals surface area contributed by atoms with Crippen molar-refractivity contribution in [2.24, 2.45) is 17.3 Å². The Hall–Kier alpha value is -0.570. The van der Waals surface area contributed by atoms with Gasteiger partial charge in [0, 0.05) is 12.1 Å². The fraction of sp³-hybridized carbons (Fsp3) is 0.933. The molecule has 18 heavy (non-hydrogen) atoms. The van der Waals surface area contributed by atoms with Gasteiger partial charge >= 0.3 is 5.97 Å². The number of hydrogen-bond donors (Lipinski definition) is 1. The summed E-state index contributed by atoms with van der Waals surface area (Å²) in [6.45, 7) is 10.1. The maximum absolute atomic E-state index is 11.2. The summed E-state index contributed by atoms with van der Waals surface area (Å²) in [5, 5.41) is 9.23. The minimum absolute atomic E-state index is 0.162. The highest BCUT2D eigenvalue weighted by Crippen LogP contribution is 2.42. The van der Waals surface area contributed by atoms with Gasteiger partial charge in [0.15, 0.2) is 0 Å². The van der Waals surface area contributed by atoms with E-state index in [1.807, 2.05) is 0 Å². The van der Waals surface area contributed by atoms with Crippen LogP contribution in [0.3, 0.4) is 0 Å². The molecule has 0 aromatic carbocycles. The highest BCUT2D eigenvalue weighted by Gasteiger charge is 2.42. The van der Waals surface area contributed by atoms with Crippen LogP contribution in [0.1, 0.15) is 53.4 Å². The number of nitrogens with zero attached hydrogens (tertiary/aromatic N) is 1. The molecular formula is C15H27NO2. The molecule has 3 nitrogen and oxygen atoms in total. The molecule has 2 aliphatic rings. The third kappa shape index (κ3) is 2.71. The van der Waals surface area contributed by atoms with Gasteiger partial charge < -0.3 is 5.11 Å². The van der Waals surface area contributed by atoms with Crippen LogP contribution in [0.4, 0.5) is 0 Å². The van der Waals surface area contributed by atoms with Crippen molar-refractivity contribution < 1.29 is 9.90 Å². The molecule has 4 unspecified atom stereocenters. The Morgan fingerprint density at radius 1 is 1.28 bits per heavy atom. The third-order valence-corrected chi connectivity index (χ3v) is 4.95. The molecule has 0 aromatic heterocycles. The molecule has 0 aromatic rings. The summed E-state index contributed by atoms with van der Waals surface area (Å²) in [5.74, 6) is -0.0201. The van der Waals surface area contributed by atoms with Crippen LogP contribution in [0, 0.1) is 17.3 Å². The summed E-state index contributed by atoms with van der Waals surface area (Å²) in [6.07, 6.45) is 4.57. The molecule has 2 rings (SSSR count). The fourth-order valence-corrected chi connectivity index (χ4v) is 4.36. The maximum Gasteiger partial charge on any atom is 0.308 e. The van der Waals surface area contributed by atoms with E-state index in [0.717, 1.165) is 18.9 Å². The van der Waals surface area contributed by atoms with Crippen molar-refractivity contribution in [3.8, 4) is 0 Å². The largest absolute Gasteiger partial charge is 0.481 e. The van der Waals surface area contributed by atoms with Gasteiger partial charge in [-0.15, -0.1) is 0 Å². The number of carboxylic acids is 1. The molecule has 0 spiro atoms. The van der Waals surface area contributed by atoms with Gasteiger partial charge in [-0.3, -0.25) is 9.69 Å². The van der Waals surface area contributed by atoms with Crippen molar-refractivity contribution in [1.82, 2.24) is 4.90 Å². The summed E-state index contributed by atoms with van der Waals surface area (Å²) in [6, 6.07) is 0.789. The molecule has 1 saturated heterocycles. The highest BCUT2D eigenvalue weighted by atomic mass is 16.4. The Balaban J connectivity index is 2.06. The molecule has 1 heterocycles. The van der Waals surface area contributed by atoms with Crippen LogP contribution < -0.4 is 0 Å². The van der Waals surface area contributed by atoms with E-state index >= 15 is 0 Å². The summed E-state index contributed by atoms with van der Waals surface area (Å²) in [7, 11) is 0. The van der Waals surface area contributed by atoms with E-state index in [1.165, 1.54) is 19.3 Å². The molecular weight excluding hydrogens is 226 g/mol. The highest BCUT2D eigenvalue weighted by molar-refractivity contribution is 5.71. The Bertz CT molecular complexity index is 326. The van der Waals surface area contributed by atoms with E-state index in [-0.39, 0.29) is 12.0 Å². The van der Waals surface area contributed by atoms with Crippen LogP contribution in [0.5, 0.6) is 0 Å². The first-order valence-electron chi connectivity index (χ1n) is 7.29. The summed E-state index contributed by atoms with van der Waals surface area (Å²) < 4.78 is 0. The van der Waals surface area contributed by atoms with Gasteiger partial charge in [-0.25, -0.2) is 0 Å². The maximum atomic E-state index is 11.2. The van der Waals surface area contributed by atoms with E-state index in [0.29, 0.717) is 11.5 Å². The minimum Gasteiger partial charge on any atom is -0.481 e. The van der Waals surface area contributed by atoms with Gasteiger partial charge in [0.25, 0.3) is 0 Å². The van der Waals surface area contributed by atoms with Gasteiger partial charge in [-0.1, -0.05) is 20.8 Å². The van der Waals surface area contributed by atoms with Gasteiger partial charge in [0.05, 0.1) is 5.92 Å². The molecule has 4 atom stereocenters. The average molecular weight is 253 g/mol. The monoisotopic (exact) mass is 253 g/mol. The Labute approximate surface area is 111 Å². The average Bonchev–Trinajstić information content (AvgIpc) is 2.56. The number of carboxylic acid groups (broad SMARTS) is 1. The second-order valence-corrected chi connectivity index (χ2v) is 7.28. The van der Waals surface area contributed by atoms with Crippen molar-refractivity contribution in [3.05, 3.63) is 0 Å². The molecule has 104 valence electrons. The Morgan fingerprint density at radius 2 is 1.94 bits per heavy atom. The Morgan fingerprint density at radius 3 is 2.44 bits per heavy atom. The zero-order chi connectivity index (χ0) is 13.5. The quantitative estimate of drug-likeness (QED) is 0.822. The fourth-order valence-electron chi connectivity index (χ4n) is 4.36. The van der Waals surface area contributed by atoms with Crippen LogP contribution in [0.2, 0.25) is 0 Å². The molecule has 2 fully saturated rings. The van der Waals surface area contributed by atoms with E-state index in [4.69, 9.17) is 0 Å². The summed E-state index contributed by atoms with van der Waals surface area (Å²) >= 11 is 0. The lowest BCUT2D eigenvalue weighted by Crippen LogP contribution is -2.46. The van der Waals surface area contributed by atoms with E-state index < -0.39 is 5.97 Å². The number of rotatable bonds is 2. The lowest BCUT2D eigenvalue weighted by atomic mass is 9.70. The summed E-state index contributed by atoms with van der Waals surface area (Å²) in [5.41, 5.74) is 0.406. The predicted molar refractivity (Wildman–Crippen MR) is 72.5 cm³/mol. The second kappa shape index (κ2) is 4.84. The molecule has 1 aliphatic carbocycles. The number of aliphatic carboxylic acids is 1. The first-order chi connectivity index (χ1) is 8.30. The first kappa shape index (κ1) is 13.9. The van der Waals surface area contributed by atoms with E-state index in [9.17, 15) is 9.90 Å². The smallest absolute Gasteiger partial charge is 0.308 e. The molecule has 1 N–H and O–H groups in total. The van der Waals surface area contributed by atoms with Crippen molar-refractivity contribution in [2.75, 3.05) is 6.54 Å². The van der Waals surface area contributed by atoms with Gasteiger partial charge in [-0.2, -0.15) is 0 Å². The van der Waals surface area contributed by atoms with Crippen LogP contribution >= 0.6 is 0 Å². The van der Waals surface area contributed by atoms with Crippen LogP contribution in [-0.2, 0) is 4.79 Å². The molecule has 0 bridgehead atoms. The topological polar surface area (TPSA) is 40.5 Å².